The highest BCUT2D eigenvalue weighted by atomic mass is 32.3. The third-order valence-electron chi connectivity index (χ3n) is 4.02. The van der Waals surface area contributed by atoms with E-state index in [9.17, 15) is 28.2 Å². The Morgan fingerprint density at radius 3 is 2.43 bits per heavy atom. The average Bonchev–Trinajstić information content (AvgIpc) is 2.66. The summed E-state index contributed by atoms with van der Waals surface area (Å²) in [7, 11) is -5.03. The lowest BCUT2D eigenvalue weighted by Crippen LogP contribution is -2.66. The zero-order chi connectivity index (χ0) is 22.5. The Morgan fingerprint density at radius 2 is 1.93 bits per heavy atom. The van der Waals surface area contributed by atoms with Gasteiger partial charge in [0.1, 0.15) is 30.1 Å². The van der Waals surface area contributed by atoms with Gasteiger partial charge in [0.2, 0.25) is 18.1 Å². The number of anilines is 1. The molecular formula is C17H22N2O10S. The lowest BCUT2D eigenvalue weighted by atomic mass is 9.97. The molecule has 2 rings (SSSR count). The molecule has 1 aliphatic rings. The maximum atomic E-state index is 11.6. The van der Waals surface area contributed by atoms with Crippen molar-refractivity contribution in [1.82, 2.24) is 5.32 Å². The molecule has 5 atom stereocenters. The fraction of sp³-hybridized carbons (Fsp3) is 0.412. The molecule has 1 aromatic rings. The summed E-state index contributed by atoms with van der Waals surface area (Å²) in [6, 6.07) is 4.52. The van der Waals surface area contributed by atoms with Crippen LogP contribution in [0.25, 0.3) is 0 Å². The largest absolute Gasteiger partial charge is 0.463 e. The lowest BCUT2D eigenvalue weighted by Gasteiger charge is -2.43. The number of carbonyl (C=O) groups is 2. The molecule has 0 spiro atoms. The molecule has 0 saturated carbocycles. The van der Waals surface area contributed by atoms with Gasteiger partial charge < -0.3 is 30.3 Å². The van der Waals surface area contributed by atoms with Gasteiger partial charge in [-0.3, -0.25) is 14.1 Å². The number of rotatable bonds is 8. The SMILES string of the molecule is C=CC(=O)Nc1ccc(O[C@@H]2O[C@H](CO)[C@H](O)[C@H](OS(=O)(=O)O)[C@H]2NC(C)=O)cc1. The molecule has 0 radical (unpaired) electrons. The van der Waals surface area contributed by atoms with Crippen LogP contribution in [0.3, 0.4) is 0 Å². The minimum absolute atomic E-state index is 0.186. The van der Waals surface area contributed by atoms with E-state index in [1.165, 1.54) is 24.3 Å². The van der Waals surface area contributed by atoms with Crippen LogP contribution in [0.5, 0.6) is 5.75 Å². The monoisotopic (exact) mass is 446 g/mol. The van der Waals surface area contributed by atoms with Crippen molar-refractivity contribution in [2.75, 3.05) is 11.9 Å². The minimum Gasteiger partial charge on any atom is -0.463 e. The van der Waals surface area contributed by atoms with Gasteiger partial charge in [0.25, 0.3) is 0 Å². The minimum atomic E-state index is -5.03. The van der Waals surface area contributed by atoms with Crippen LogP contribution < -0.4 is 15.4 Å². The van der Waals surface area contributed by atoms with Crippen molar-refractivity contribution in [3.8, 4) is 5.75 Å². The van der Waals surface area contributed by atoms with Crippen LogP contribution in [-0.4, -0.2) is 72.2 Å². The first-order valence-electron chi connectivity index (χ1n) is 8.61. The summed E-state index contributed by atoms with van der Waals surface area (Å²) >= 11 is 0. The predicted octanol–water partition coefficient (Wildman–Crippen LogP) is -1.04. The van der Waals surface area contributed by atoms with Gasteiger partial charge in [0, 0.05) is 12.6 Å². The summed E-state index contributed by atoms with van der Waals surface area (Å²) < 4.78 is 47.1. The maximum Gasteiger partial charge on any atom is 0.397 e. The van der Waals surface area contributed by atoms with Crippen LogP contribution in [0.15, 0.2) is 36.9 Å². The van der Waals surface area contributed by atoms with E-state index >= 15 is 0 Å². The summed E-state index contributed by atoms with van der Waals surface area (Å²) in [4.78, 5) is 22.9. The van der Waals surface area contributed by atoms with E-state index in [-0.39, 0.29) is 5.75 Å². The Kier molecular flexibility index (Phi) is 7.89. The normalized spacial score (nSPS) is 26.5. The molecule has 0 bridgehead atoms. The first-order valence-corrected chi connectivity index (χ1v) is 9.98. The number of ether oxygens (including phenoxy) is 2. The Bertz CT molecular complexity index is 873. The average molecular weight is 446 g/mol. The number of hydrogen-bond acceptors (Lipinski definition) is 9. The van der Waals surface area contributed by atoms with Gasteiger partial charge in [-0.25, -0.2) is 4.18 Å². The molecule has 0 aliphatic carbocycles. The number of benzene rings is 1. The Hall–Kier alpha value is -2.55. The van der Waals surface area contributed by atoms with Gasteiger partial charge in [0.05, 0.1) is 6.61 Å². The lowest BCUT2D eigenvalue weighted by molar-refractivity contribution is -0.239. The molecule has 1 fully saturated rings. The Morgan fingerprint density at radius 1 is 1.30 bits per heavy atom. The molecule has 30 heavy (non-hydrogen) atoms. The van der Waals surface area contributed by atoms with Gasteiger partial charge in [-0.2, -0.15) is 8.42 Å². The fourth-order valence-electron chi connectivity index (χ4n) is 2.75. The molecule has 0 unspecified atom stereocenters. The Labute approximate surface area is 172 Å². The molecular weight excluding hydrogens is 424 g/mol. The number of nitrogens with one attached hydrogen (secondary N) is 2. The zero-order valence-electron chi connectivity index (χ0n) is 15.8. The maximum absolute atomic E-state index is 11.6. The van der Waals surface area contributed by atoms with Gasteiger partial charge in [-0.05, 0) is 30.3 Å². The third kappa shape index (κ3) is 6.48. The summed E-state index contributed by atoms with van der Waals surface area (Å²) in [6.07, 6.45) is -5.09. The highest BCUT2D eigenvalue weighted by Gasteiger charge is 2.49. The molecule has 2 amide bonds. The second-order valence-corrected chi connectivity index (χ2v) is 7.31. The van der Waals surface area contributed by atoms with Gasteiger partial charge in [-0.15, -0.1) is 0 Å². The number of amides is 2. The van der Waals surface area contributed by atoms with Crippen molar-refractivity contribution >= 4 is 27.9 Å². The smallest absolute Gasteiger partial charge is 0.397 e. The fourth-order valence-corrected chi connectivity index (χ4v) is 3.27. The van der Waals surface area contributed by atoms with Crippen LogP contribution in [-0.2, 0) is 28.9 Å². The predicted molar refractivity (Wildman–Crippen MR) is 102 cm³/mol. The van der Waals surface area contributed by atoms with Crippen molar-refractivity contribution in [2.24, 2.45) is 0 Å². The van der Waals surface area contributed by atoms with E-state index in [0.717, 1.165) is 13.0 Å². The van der Waals surface area contributed by atoms with E-state index < -0.39 is 59.5 Å². The molecule has 13 heteroatoms. The zero-order valence-corrected chi connectivity index (χ0v) is 16.6. The van der Waals surface area contributed by atoms with E-state index in [2.05, 4.69) is 21.4 Å². The second-order valence-electron chi connectivity index (χ2n) is 6.27. The highest BCUT2D eigenvalue weighted by Crippen LogP contribution is 2.27. The standard InChI is InChI=1S/C17H22N2O10S/c1-3-13(22)19-10-4-6-11(7-5-10)27-17-14(18-9(2)21)16(29-30(24,25)26)15(23)12(8-20)28-17/h3-7,12,14-17,20,23H,1,8H2,2H3,(H,18,21)(H,19,22)(H,24,25,26)/t12-,14-,15+,16-,17-/m1/s1. The summed E-state index contributed by atoms with van der Waals surface area (Å²) in [5, 5.41) is 24.6. The molecule has 5 N–H and O–H groups in total. The van der Waals surface area contributed by atoms with Crippen LogP contribution in [0.2, 0.25) is 0 Å². The molecule has 1 saturated heterocycles. The number of aliphatic hydroxyl groups is 2. The van der Waals surface area contributed by atoms with Gasteiger partial charge >= 0.3 is 10.4 Å². The molecule has 166 valence electrons. The van der Waals surface area contributed by atoms with Crippen LogP contribution in [0.1, 0.15) is 6.92 Å². The summed E-state index contributed by atoms with van der Waals surface area (Å²) in [5.41, 5.74) is 0.437. The summed E-state index contributed by atoms with van der Waals surface area (Å²) in [6.45, 7) is 3.73. The van der Waals surface area contributed by atoms with Crippen LogP contribution in [0.4, 0.5) is 5.69 Å². The Balaban J connectivity index is 2.28. The topological polar surface area (TPSA) is 181 Å². The molecule has 1 aliphatic heterocycles. The van der Waals surface area contributed by atoms with Gasteiger partial charge in [0.15, 0.2) is 0 Å². The highest BCUT2D eigenvalue weighted by molar-refractivity contribution is 7.80. The first-order chi connectivity index (χ1) is 14.0. The van der Waals surface area contributed by atoms with Crippen molar-refractivity contribution in [3.05, 3.63) is 36.9 Å². The molecule has 1 heterocycles. The second kappa shape index (κ2) is 9.97. The quantitative estimate of drug-likeness (QED) is 0.244. The third-order valence-corrected chi connectivity index (χ3v) is 4.48. The van der Waals surface area contributed by atoms with E-state index in [4.69, 9.17) is 14.0 Å². The van der Waals surface area contributed by atoms with E-state index in [1.54, 1.807) is 0 Å². The van der Waals surface area contributed by atoms with Crippen molar-refractivity contribution < 1.29 is 46.4 Å². The number of aliphatic hydroxyl groups excluding tert-OH is 2. The van der Waals surface area contributed by atoms with Crippen LogP contribution in [0, 0.1) is 0 Å². The van der Waals surface area contributed by atoms with Crippen molar-refractivity contribution in [2.45, 2.75) is 37.6 Å². The van der Waals surface area contributed by atoms with E-state index in [1.807, 2.05) is 0 Å². The number of carbonyl (C=O) groups excluding carboxylic acids is 2. The molecule has 12 nitrogen and oxygen atoms in total. The number of hydrogen-bond donors (Lipinski definition) is 5. The van der Waals surface area contributed by atoms with Crippen LogP contribution >= 0.6 is 0 Å². The first kappa shape index (κ1) is 23.7. The molecule has 0 aromatic heterocycles. The van der Waals surface area contributed by atoms with E-state index in [0.29, 0.717) is 5.69 Å². The van der Waals surface area contributed by atoms with Crippen molar-refractivity contribution in [3.63, 3.8) is 0 Å². The molecule has 1 aromatic carbocycles. The van der Waals surface area contributed by atoms with Crippen molar-refractivity contribution in [1.29, 1.82) is 0 Å². The van der Waals surface area contributed by atoms with Gasteiger partial charge in [-0.1, -0.05) is 6.58 Å². The summed E-state index contributed by atoms with van der Waals surface area (Å²) in [5.74, 6) is -0.862.